The number of cyclic esters (lactones) is 1. The normalized spacial score (nSPS) is 21.3. The third kappa shape index (κ3) is 8.77. The number of rotatable bonds is 14. The molecular weight excluding hydrogens is 276 g/mol. The molecule has 0 radical (unpaired) electrons. The third-order valence-corrected chi connectivity index (χ3v) is 4.77. The first kappa shape index (κ1) is 19.5. The molecule has 1 N–H and O–H groups in total. The average molecular weight is 312 g/mol. The molecule has 0 aromatic heterocycles. The van der Waals surface area contributed by atoms with E-state index in [1.54, 1.807) is 0 Å². The van der Waals surface area contributed by atoms with Crippen molar-refractivity contribution >= 4 is 5.97 Å². The zero-order valence-electron chi connectivity index (χ0n) is 14.5. The van der Waals surface area contributed by atoms with Crippen molar-refractivity contribution in [2.75, 3.05) is 6.61 Å². The number of aliphatic hydroxyl groups is 1. The SMILES string of the molecule is CCCCCCCCCCCCCC[C@@H]1C[C@H](CO)OC1=O. The molecule has 0 aliphatic carbocycles. The molecule has 0 aromatic rings. The summed E-state index contributed by atoms with van der Waals surface area (Å²) in [6, 6.07) is 0. The molecule has 1 saturated heterocycles. The minimum atomic E-state index is -0.241. The van der Waals surface area contributed by atoms with Crippen LogP contribution in [0.3, 0.4) is 0 Å². The van der Waals surface area contributed by atoms with Gasteiger partial charge in [-0.1, -0.05) is 84.0 Å². The molecule has 2 atom stereocenters. The van der Waals surface area contributed by atoms with Gasteiger partial charge in [-0.2, -0.15) is 0 Å². The molecule has 3 nitrogen and oxygen atoms in total. The number of hydrogen-bond donors (Lipinski definition) is 1. The Kier molecular flexibility index (Phi) is 11.4. The lowest BCUT2D eigenvalue weighted by atomic mass is 9.97. The molecular formula is C19H36O3. The molecule has 0 aromatic carbocycles. The predicted octanol–water partition coefficient (Wildman–Crippen LogP) is 5.00. The van der Waals surface area contributed by atoms with Crippen molar-refractivity contribution in [2.24, 2.45) is 5.92 Å². The van der Waals surface area contributed by atoms with Gasteiger partial charge in [0, 0.05) is 0 Å². The first-order valence-corrected chi connectivity index (χ1v) is 9.59. The number of ether oxygens (including phenoxy) is 1. The van der Waals surface area contributed by atoms with Gasteiger partial charge in [-0.25, -0.2) is 0 Å². The molecule has 130 valence electrons. The van der Waals surface area contributed by atoms with Crippen LogP contribution < -0.4 is 0 Å². The number of unbranched alkanes of at least 4 members (excludes halogenated alkanes) is 11. The fourth-order valence-electron chi connectivity index (χ4n) is 3.30. The lowest BCUT2D eigenvalue weighted by Crippen LogP contribution is -2.10. The van der Waals surface area contributed by atoms with Crippen LogP contribution in [0.2, 0.25) is 0 Å². The number of hydrogen-bond acceptors (Lipinski definition) is 3. The van der Waals surface area contributed by atoms with E-state index in [1.807, 2.05) is 0 Å². The lowest BCUT2D eigenvalue weighted by Gasteiger charge is -2.05. The summed E-state index contributed by atoms with van der Waals surface area (Å²) in [4.78, 5) is 11.5. The Morgan fingerprint density at radius 2 is 1.41 bits per heavy atom. The van der Waals surface area contributed by atoms with Crippen LogP contribution in [0, 0.1) is 5.92 Å². The first-order chi connectivity index (χ1) is 10.8. The Balaban J connectivity index is 1.81. The van der Waals surface area contributed by atoms with E-state index in [0.717, 1.165) is 12.8 Å². The standard InChI is InChI=1S/C19H36O3/c1-2-3-4-5-6-7-8-9-10-11-12-13-14-17-15-18(16-20)22-19(17)21/h17-18,20H,2-16H2,1H3/t17-,18-/m1/s1. The minimum Gasteiger partial charge on any atom is -0.460 e. The molecule has 1 heterocycles. The fourth-order valence-corrected chi connectivity index (χ4v) is 3.30. The molecule has 1 aliphatic rings. The van der Waals surface area contributed by atoms with Gasteiger partial charge < -0.3 is 9.84 Å². The van der Waals surface area contributed by atoms with E-state index in [1.165, 1.54) is 70.6 Å². The highest BCUT2D eigenvalue weighted by atomic mass is 16.6. The maximum absolute atomic E-state index is 11.5. The van der Waals surface area contributed by atoms with Crippen molar-refractivity contribution in [2.45, 2.75) is 103 Å². The summed E-state index contributed by atoms with van der Waals surface area (Å²) in [6.07, 6.45) is 17.5. The maximum atomic E-state index is 11.5. The second-order valence-corrected chi connectivity index (χ2v) is 6.85. The van der Waals surface area contributed by atoms with E-state index in [0.29, 0.717) is 6.42 Å². The number of carbonyl (C=O) groups excluding carboxylic acids is 1. The summed E-state index contributed by atoms with van der Waals surface area (Å²) in [6.45, 7) is 2.24. The molecule has 22 heavy (non-hydrogen) atoms. The smallest absolute Gasteiger partial charge is 0.309 e. The van der Waals surface area contributed by atoms with Crippen LogP contribution in [0.25, 0.3) is 0 Å². The first-order valence-electron chi connectivity index (χ1n) is 9.59. The van der Waals surface area contributed by atoms with Crippen LogP contribution in [0.15, 0.2) is 0 Å². The van der Waals surface area contributed by atoms with Crippen molar-refractivity contribution in [1.29, 1.82) is 0 Å². The van der Waals surface area contributed by atoms with Crippen LogP contribution in [0.1, 0.15) is 96.8 Å². The van der Waals surface area contributed by atoms with Gasteiger partial charge in [-0.05, 0) is 12.8 Å². The Morgan fingerprint density at radius 1 is 0.909 bits per heavy atom. The number of aliphatic hydroxyl groups excluding tert-OH is 1. The summed E-state index contributed by atoms with van der Waals surface area (Å²) in [5.74, 6) is -0.0533. The van der Waals surface area contributed by atoms with Crippen molar-refractivity contribution in [3.05, 3.63) is 0 Å². The fraction of sp³-hybridized carbons (Fsp3) is 0.947. The van der Waals surface area contributed by atoms with Crippen LogP contribution in [0.5, 0.6) is 0 Å². The zero-order chi connectivity index (χ0) is 16.0. The van der Waals surface area contributed by atoms with E-state index in [4.69, 9.17) is 9.84 Å². The maximum Gasteiger partial charge on any atom is 0.309 e. The van der Waals surface area contributed by atoms with Gasteiger partial charge in [0.2, 0.25) is 0 Å². The highest BCUT2D eigenvalue weighted by molar-refractivity contribution is 5.74. The molecule has 0 saturated carbocycles. The van der Waals surface area contributed by atoms with Crippen LogP contribution in [-0.4, -0.2) is 23.8 Å². The monoisotopic (exact) mass is 312 g/mol. The van der Waals surface area contributed by atoms with E-state index in [-0.39, 0.29) is 24.6 Å². The van der Waals surface area contributed by atoms with Crippen molar-refractivity contribution in [3.8, 4) is 0 Å². The topological polar surface area (TPSA) is 46.5 Å². The quantitative estimate of drug-likeness (QED) is 0.362. The molecule has 1 fully saturated rings. The highest BCUT2D eigenvalue weighted by Crippen LogP contribution is 2.26. The van der Waals surface area contributed by atoms with Gasteiger partial charge in [-0.3, -0.25) is 4.79 Å². The van der Waals surface area contributed by atoms with Crippen LogP contribution in [-0.2, 0) is 9.53 Å². The zero-order valence-corrected chi connectivity index (χ0v) is 14.5. The molecule has 0 unspecified atom stereocenters. The summed E-state index contributed by atoms with van der Waals surface area (Å²) >= 11 is 0. The van der Waals surface area contributed by atoms with Gasteiger partial charge >= 0.3 is 5.97 Å². The summed E-state index contributed by atoms with van der Waals surface area (Å²) < 4.78 is 5.09. The largest absolute Gasteiger partial charge is 0.460 e. The van der Waals surface area contributed by atoms with E-state index >= 15 is 0 Å². The van der Waals surface area contributed by atoms with Gasteiger partial charge in [0.1, 0.15) is 6.10 Å². The molecule has 3 heteroatoms. The van der Waals surface area contributed by atoms with Gasteiger partial charge in [0.05, 0.1) is 12.5 Å². The number of esters is 1. The Labute approximate surface area is 136 Å². The second kappa shape index (κ2) is 12.9. The van der Waals surface area contributed by atoms with Crippen LogP contribution in [0.4, 0.5) is 0 Å². The number of carbonyl (C=O) groups is 1. The van der Waals surface area contributed by atoms with E-state index < -0.39 is 0 Å². The van der Waals surface area contributed by atoms with E-state index in [9.17, 15) is 4.79 Å². The lowest BCUT2D eigenvalue weighted by molar-refractivity contribution is -0.145. The van der Waals surface area contributed by atoms with Gasteiger partial charge in [0.25, 0.3) is 0 Å². The van der Waals surface area contributed by atoms with Gasteiger partial charge in [-0.15, -0.1) is 0 Å². The Hall–Kier alpha value is -0.570. The average Bonchev–Trinajstić information content (AvgIpc) is 2.89. The molecule has 1 rings (SSSR count). The summed E-state index contributed by atoms with van der Waals surface area (Å²) in [7, 11) is 0. The second-order valence-electron chi connectivity index (χ2n) is 6.85. The highest BCUT2D eigenvalue weighted by Gasteiger charge is 2.33. The molecule has 0 bridgehead atoms. The third-order valence-electron chi connectivity index (χ3n) is 4.77. The van der Waals surface area contributed by atoms with E-state index in [2.05, 4.69) is 6.92 Å². The predicted molar refractivity (Wildman–Crippen MR) is 90.8 cm³/mol. The van der Waals surface area contributed by atoms with Crippen molar-refractivity contribution in [3.63, 3.8) is 0 Å². The minimum absolute atomic E-state index is 0.0271. The Bertz CT molecular complexity index is 278. The Morgan fingerprint density at radius 3 is 1.86 bits per heavy atom. The summed E-state index contributed by atoms with van der Waals surface area (Å²) in [5, 5.41) is 9.00. The van der Waals surface area contributed by atoms with Crippen molar-refractivity contribution < 1.29 is 14.6 Å². The molecule has 0 spiro atoms. The van der Waals surface area contributed by atoms with Crippen LogP contribution >= 0.6 is 0 Å². The molecule has 1 aliphatic heterocycles. The van der Waals surface area contributed by atoms with Crippen molar-refractivity contribution in [1.82, 2.24) is 0 Å². The van der Waals surface area contributed by atoms with Gasteiger partial charge in [0.15, 0.2) is 0 Å². The molecule has 0 amide bonds. The summed E-state index contributed by atoms with van der Waals surface area (Å²) in [5.41, 5.74) is 0.